The molecule has 6 nitrogen and oxygen atoms in total. The summed E-state index contributed by atoms with van der Waals surface area (Å²) in [4.78, 5) is 19.0. The van der Waals surface area contributed by atoms with Gasteiger partial charge in [0.05, 0.1) is 12.2 Å². The van der Waals surface area contributed by atoms with E-state index in [1.807, 2.05) is 43.0 Å². The van der Waals surface area contributed by atoms with Crippen LogP contribution in [0.4, 0.5) is 0 Å². The number of benzene rings is 1. The van der Waals surface area contributed by atoms with Gasteiger partial charge in [-0.1, -0.05) is 38.3 Å². The second kappa shape index (κ2) is 13.9. The van der Waals surface area contributed by atoms with Gasteiger partial charge in [0.2, 0.25) is 0 Å². The van der Waals surface area contributed by atoms with Crippen molar-refractivity contribution in [2.24, 2.45) is 4.99 Å². The molecule has 2 N–H and O–H groups in total. The van der Waals surface area contributed by atoms with Crippen molar-refractivity contribution >= 4 is 35.8 Å². The number of carbonyl (C=O) groups is 1. The monoisotopic (exact) mass is 530 g/mol. The van der Waals surface area contributed by atoms with Crippen molar-refractivity contribution in [1.82, 2.24) is 15.5 Å². The number of guanidine groups is 1. The smallest absolute Gasteiger partial charge is 0.254 e. The largest absolute Gasteiger partial charge is 0.372 e. The maximum atomic E-state index is 12.8. The van der Waals surface area contributed by atoms with Gasteiger partial charge in [-0.05, 0) is 44.9 Å². The van der Waals surface area contributed by atoms with Crippen LogP contribution in [0.15, 0.2) is 29.3 Å². The van der Waals surface area contributed by atoms with E-state index in [1.165, 1.54) is 19.3 Å². The van der Waals surface area contributed by atoms with Crippen LogP contribution in [-0.4, -0.2) is 55.2 Å². The van der Waals surface area contributed by atoms with Crippen LogP contribution in [0.2, 0.25) is 0 Å². The Labute approximate surface area is 199 Å². The number of halogens is 1. The van der Waals surface area contributed by atoms with Crippen LogP contribution in [0.1, 0.15) is 69.3 Å². The molecule has 1 heterocycles. The first-order valence-electron chi connectivity index (χ1n) is 10.9. The summed E-state index contributed by atoms with van der Waals surface area (Å²) in [7, 11) is 1.79. The topological polar surface area (TPSA) is 66.0 Å². The number of hydrogen-bond acceptors (Lipinski definition) is 3. The molecule has 1 amide bonds. The van der Waals surface area contributed by atoms with Gasteiger partial charge in [-0.3, -0.25) is 9.79 Å². The van der Waals surface area contributed by atoms with Crippen molar-refractivity contribution in [3.63, 3.8) is 0 Å². The molecule has 170 valence electrons. The molecule has 0 spiro atoms. The van der Waals surface area contributed by atoms with E-state index < -0.39 is 0 Å². The molecule has 0 bridgehead atoms. The summed E-state index contributed by atoms with van der Waals surface area (Å²) < 4.78 is 5.72. The zero-order chi connectivity index (χ0) is 21.2. The predicted molar refractivity (Wildman–Crippen MR) is 135 cm³/mol. The highest BCUT2D eigenvalue weighted by Crippen LogP contribution is 2.15. The number of morpholine rings is 1. The molecule has 2 rings (SSSR count). The van der Waals surface area contributed by atoms with Gasteiger partial charge in [0.15, 0.2) is 5.96 Å². The first-order chi connectivity index (χ1) is 13.9. The number of unbranched alkanes of at least 4 members (excludes halogenated alkanes) is 2. The highest BCUT2D eigenvalue weighted by atomic mass is 127. The van der Waals surface area contributed by atoms with Crippen LogP contribution in [0.25, 0.3) is 0 Å². The van der Waals surface area contributed by atoms with Gasteiger partial charge in [0.25, 0.3) is 5.91 Å². The molecule has 30 heavy (non-hydrogen) atoms. The minimum absolute atomic E-state index is 0. The Morgan fingerprint density at radius 1 is 1.20 bits per heavy atom. The lowest BCUT2D eigenvalue weighted by atomic mass is 10.1. The molecule has 1 fully saturated rings. The predicted octanol–water partition coefficient (Wildman–Crippen LogP) is 4.19. The quantitative estimate of drug-likeness (QED) is 0.229. The van der Waals surface area contributed by atoms with Crippen LogP contribution < -0.4 is 10.6 Å². The Balaban J connectivity index is 0.00000450. The van der Waals surface area contributed by atoms with Crippen LogP contribution >= 0.6 is 24.0 Å². The van der Waals surface area contributed by atoms with Crippen molar-refractivity contribution in [2.75, 3.05) is 20.1 Å². The number of carbonyl (C=O) groups excluding carboxylic acids is 1. The van der Waals surface area contributed by atoms with Crippen molar-refractivity contribution in [1.29, 1.82) is 0 Å². The molecule has 0 aromatic heterocycles. The number of aliphatic imine (C=N–C) groups is 1. The third kappa shape index (κ3) is 8.79. The van der Waals surface area contributed by atoms with Crippen LogP contribution in [-0.2, 0) is 11.3 Å². The second-order valence-electron chi connectivity index (χ2n) is 8.13. The zero-order valence-corrected chi connectivity index (χ0v) is 21.4. The molecule has 0 aliphatic carbocycles. The highest BCUT2D eigenvalue weighted by Gasteiger charge is 2.26. The van der Waals surface area contributed by atoms with E-state index in [2.05, 4.69) is 29.5 Å². The molecule has 0 saturated carbocycles. The number of rotatable bonds is 8. The molecule has 1 aliphatic rings. The van der Waals surface area contributed by atoms with E-state index in [0.717, 1.165) is 23.5 Å². The molecule has 3 atom stereocenters. The Bertz CT molecular complexity index is 656. The summed E-state index contributed by atoms with van der Waals surface area (Å²) in [5.74, 6) is 0.885. The molecule has 3 unspecified atom stereocenters. The van der Waals surface area contributed by atoms with Crippen molar-refractivity contribution in [3.05, 3.63) is 35.4 Å². The van der Waals surface area contributed by atoms with E-state index in [4.69, 9.17) is 4.74 Å². The van der Waals surface area contributed by atoms with Gasteiger partial charge in [0.1, 0.15) is 0 Å². The fourth-order valence-corrected chi connectivity index (χ4v) is 3.68. The summed E-state index contributed by atoms with van der Waals surface area (Å²) >= 11 is 0. The summed E-state index contributed by atoms with van der Waals surface area (Å²) in [5.41, 5.74) is 1.84. The lowest BCUT2D eigenvalue weighted by Gasteiger charge is -2.35. The third-order valence-corrected chi connectivity index (χ3v) is 5.22. The van der Waals surface area contributed by atoms with Gasteiger partial charge in [-0.2, -0.15) is 0 Å². The number of hydrogen-bond donors (Lipinski definition) is 2. The maximum Gasteiger partial charge on any atom is 0.254 e. The fourth-order valence-electron chi connectivity index (χ4n) is 3.68. The van der Waals surface area contributed by atoms with Crippen LogP contribution in [0.5, 0.6) is 0 Å². The fraction of sp³-hybridized carbons (Fsp3) is 0.652. The SMILES string of the molecule is CCCCCC(C)NC(=NC)NCc1ccc(C(=O)N2CC(C)OC(C)C2)cc1.I. The molecule has 1 saturated heterocycles. The summed E-state index contributed by atoms with van der Waals surface area (Å²) in [6, 6.07) is 8.23. The first-order valence-corrected chi connectivity index (χ1v) is 10.9. The average Bonchev–Trinajstić information content (AvgIpc) is 2.70. The molecular weight excluding hydrogens is 491 g/mol. The van der Waals surface area contributed by atoms with E-state index in [9.17, 15) is 4.79 Å². The Morgan fingerprint density at radius 2 is 1.83 bits per heavy atom. The molecule has 7 heteroatoms. The van der Waals surface area contributed by atoms with Gasteiger partial charge < -0.3 is 20.3 Å². The van der Waals surface area contributed by atoms with Crippen molar-refractivity contribution in [2.45, 2.75) is 78.2 Å². The Kier molecular flexibility index (Phi) is 12.3. The van der Waals surface area contributed by atoms with Gasteiger partial charge in [0, 0.05) is 38.3 Å². The highest BCUT2D eigenvalue weighted by molar-refractivity contribution is 14.0. The third-order valence-electron chi connectivity index (χ3n) is 5.22. The van der Waals surface area contributed by atoms with E-state index in [-0.39, 0.29) is 42.1 Å². The molecule has 0 radical (unpaired) electrons. The van der Waals surface area contributed by atoms with E-state index >= 15 is 0 Å². The maximum absolute atomic E-state index is 12.8. The molecular formula is C23H39IN4O2. The number of nitrogens with zero attached hydrogens (tertiary/aromatic N) is 2. The Hall–Kier alpha value is -1.35. The molecule has 1 aromatic carbocycles. The molecule has 1 aromatic rings. The molecule has 1 aliphatic heterocycles. The number of amides is 1. The lowest BCUT2D eigenvalue weighted by molar-refractivity contribution is -0.0586. The standard InChI is InChI=1S/C23H38N4O2.HI/c1-6-7-8-9-17(2)26-23(24-5)25-14-20-10-12-21(13-11-20)22(28)27-15-18(3)29-19(4)16-27;/h10-13,17-19H,6-9,14-16H2,1-5H3,(H2,24,25,26);1H. The first kappa shape index (κ1) is 26.7. The minimum atomic E-state index is 0. The van der Waals surface area contributed by atoms with Crippen LogP contribution in [0, 0.1) is 0 Å². The zero-order valence-electron chi connectivity index (χ0n) is 19.1. The van der Waals surface area contributed by atoms with E-state index in [0.29, 0.717) is 25.7 Å². The second-order valence-corrected chi connectivity index (χ2v) is 8.13. The summed E-state index contributed by atoms with van der Waals surface area (Å²) in [6.45, 7) is 10.4. The Morgan fingerprint density at radius 3 is 2.40 bits per heavy atom. The van der Waals surface area contributed by atoms with Crippen molar-refractivity contribution < 1.29 is 9.53 Å². The average molecular weight is 530 g/mol. The van der Waals surface area contributed by atoms with Crippen molar-refractivity contribution in [3.8, 4) is 0 Å². The lowest BCUT2D eigenvalue weighted by Crippen LogP contribution is -2.48. The van der Waals surface area contributed by atoms with Crippen LogP contribution in [0.3, 0.4) is 0 Å². The number of ether oxygens (including phenoxy) is 1. The van der Waals surface area contributed by atoms with Gasteiger partial charge >= 0.3 is 0 Å². The normalized spacial score (nSPS) is 20.3. The van der Waals surface area contributed by atoms with Gasteiger partial charge in [-0.15, -0.1) is 24.0 Å². The van der Waals surface area contributed by atoms with Gasteiger partial charge in [-0.25, -0.2) is 0 Å². The summed E-state index contributed by atoms with van der Waals surface area (Å²) in [6.07, 6.45) is 5.04. The van der Waals surface area contributed by atoms with E-state index in [1.54, 1.807) is 7.05 Å². The minimum Gasteiger partial charge on any atom is -0.372 e. The number of nitrogens with one attached hydrogen (secondary N) is 2. The summed E-state index contributed by atoms with van der Waals surface area (Å²) in [5, 5.41) is 6.80.